The summed E-state index contributed by atoms with van der Waals surface area (Å²) in [5, 5.41) is 4.24. The molecule has 0 saturated heterocycles. The third-order valence-corrected chi connectivity index (χ3v) is 2.70. The maximum absolute atomic E-state index is 5.53. The molecular formula is C12H18N6. The molecule has 0 saturated carbocycles. The SMILES string of the molecule is CCn1cc(-c2ccnc(N(C)CCN)n2)cn1. The van der Waals surface area contributed by atoms with Gasteiger partial charge >= 0.3 is 0 Å². The molecular weight excluding hydrogens is 228 g/mol. The van der Waals surface area contributed by atoms with Crippen molar-refractivity contribution in [1.29, 1.82) is 0 Å². The fraction of sp³-hybridized carbons (Fsp3) is 0.417. The van der Waals surface area contributed by atoms with Crippen LogP contribution in [0.15, 0.2) is 24.7 Å². The molecule has 2 heterocycles. The standard InChI is InChI=1S/C12H18N6/c1-3-18-9-10(8-15-18)11-4-6-14-12(16-11)17(2)7-5-13/h4,6,8-9H,3,5,7,13H2,1-2H3. The van der Waals surface area contributed by atoms with Crippen LogP contribution in [0.1, 0.15) is 6.92 Å². The van der Waals surface area contributed by atoms with Gasteiger partial charge in [-0.3, -0.25) is 4.68 Å². The highest BCUT2D eigenvalue weighted by Crippen LogP contribution is 2.17. The van der Waals surface area contributed by atoms with E-state index in [9.17, 15) is 0 Å². The Hall–Kier alpha value is -1.95. The first-order valence-corrected chi connectivity index (χ1v) is 6.01. The van der Waals surface area contributed by atoms with Crippen molar-refractivity contribution in [2.45, 2.75) is 13.5 Å². The number of aryl methyl sites for hydroxylation is 1. The predicted octanol–water partition coefficient (Wildman–Crippen LogP) is 0.755. The van der Waals surface area contributed by atoms with E-state index in [1.54, 1.807) is 6.20 Å². The fourth-order valence-electron chi connectivity index (χ4n) is 1.66. The minimum atomic E-state index is 0.581. The Kier molecular flexibility index (Phi) is 3.88. The maximum atomic E-state index is 5.53. The highest BCUT2D eigenvalue weighted by atomic mass is 15.3. The van der Waals surface area contributed by atoms with Crippen molar-refractivity contribution in [3.63, 3.8) is 0 Å². The summed E-state index contributed by atoms with van der Waals surface area (Å²) in [5.41, 5.74) is 7.41. The van der Waals surface area contributed by atoms with Gasteiger partial charge < -0.3 is 10.6 Å². The number of aromatic nitrogens is 4. The maximum Gasteiger partial charge on any atom is 0.225 e. The summed E-state index contributed by atoms with van der Waals surface area (Å²) in [6, 6.07) is 1.89. The molecule has 2 rings (SSSR count). The Morgan fingerprint density at radius 3 is 2.94 bits per heavy atom. The molecule has 0 aliphatic carbocycles. The van der Waals surface area contributed by atoms with Crippen molar-refractivity contribution in [2.75, 3.05) is 25.0 Å². The largest absolute Gasteiger partial charge is 0.343 e. The fourth-order valence-corrected chi connectivity index (χ4v) is 1.66. The molecule has 0 fully saturated rings. The zero-order valence-electron chi connectivity index (χ0n) is 10.7. The van der Waals surface area contributed by atoms with E-state index in [2.05, 4.69) is 22.0 Å². The molecule has 0 aliphatic rings. The Morgan fingerprint density at radius 1 is 1.44 bits per heavy atom. The van der Waals surface area contributed by atoms with Crippen molar-refractivity contribution >= 4 is 5.95 Å². The second kappa shape index (κ2) is 5.59. The van der Waals surface area contributed by atoms with Crippen LogP contribution in [0, 0.1) is 0 Å². The smallest absolute Gasteiger partial charge is 0.225 e. The highest BCUT2D eigenvalue weighted by Gasteiger charge is 2.07. The van der Waals surface area contributed by atoms with Gasteiger partial charge in [0, 0.05) is 44.6 Å². The number of nitrogens with zero attached hydrogens (tertiary/aromatic N) is 5. The Bertz CT molecular complexity index is 507. The van der Waals surface area contributed by atoms with Gasteiger partial charge in [-0.15, -0.1) is 0 Å². The number of hydrogen-bond acceptors (Lipinski definition) is 5. The van der Waals surface area contributed by atoms with Gasteiger partial charge in [0.2, 0.25) is 5.95 Å². The van der Waals surface area contributed by atoms with Crippen molar-refractivity contribution < 1.29 is 0 Å². The first kappa shape index (κ1) is 12.5. The number of anilines is 1. The van der Waals surface area contributed by atoms with Gasteiger partial charge in [-0.1, -0.05) is 0 Å². The molecule has 0 aromatic carbocycles. The quantitative estimate of drug-likeness (QED) is 0.843. The minimum absolute atomic E-state index is 0.581. The summed E-state index contributed by atoms with van der Waals surface area (Å²) < 4.78 is 1.88. The van der Waals surface area contributed by atoms with Crippen LogP contribution in [0.4, 0.5) is 5.95 Å². The van der Waals surface area contributed by atoms with Crippen molar-refractivity contribution in [3.05, 3.63) is 24.7 Å². The van der Waals surface area contributed by atoms with Gasteiger partial charge in [-0.05, 0) is 13.0 Å². The van der Waals surface area contributed by atoms with Crippen LogP contribution >= 0.6 is 0 Å². The van der Waals surface area contributed by atoms with E-state index in [0.717, 1.165) is 24.3 Å². The minimum Gasteiger partial charge on any atom is -0.343 e. The third-order valence-electron chi connectivity index (χ3n) is 2.70. The number of likely N-dealkylation sites (N-methyl/N-ethyl adjacent to an activating group) is 1. The molecule has 6 nitrogen and oxygen atoms in total. The summed E-state index contributed by atoms with van der Waals surface area (Å²) in [6.45, 7) is 4.22. The summed E-state index contributed by atoms with van der Waals surface area (Å²) >= 11 is 0. The second-order valence-corrected chi connectivity index (χ2v) is 4.04. The molecule has 6 heteroatoms. The van der Waals surface area contributed by atoms with Gasteiger partial charge in [-0.2, -0.15) is 5.10 Å². The molecule has 0 radical (unpaired) electrons. The topological polar surface area (TPSA) is 72.9 Å². The molecule has 0 amide bonds. The van der Waals surface area contributed by atoms with Gasteiger partial charge in [0.05, 0.1) is 11.9 Å². The molecule has 0 atom stereocenters. The zero-order valence-corrected chi connectivity index (χ0v) is 10.7. The molecule has 0 unspecified atom stereocenters. The molecule has 18 heavy (non-hydrogen) atoms. The first-order valence-electron chi connectivity index (χ1n) is 6.01. The van der Waals surface area contributed by atoms with Gasteiger partial charge in [0.1, 0.15) is 0 Å². The zero-order chi connectivity index (χ0) is 13.0. The van der Waals surface area contributed by atoms with E-state index in [4.69, 9.17) is 5.73 Å². The highest BCUT2D eigenvalue weighted by molar-refractivity contribution is 5.58. The van der Waals surface area contributed by atoms with E-state index < -0.39 is 0 Å². The third kappa shape index (κ3) is 2.65. The van der Waals surface area contributed by atoms with Crippen LogP contribution < -0.4 is 10.6 Å². The summed E-state index contributed by atoms with van der Waals surface area (Å²) in [5.74, 6) is 0.683. The summed E-state index contributed by atoms with van der Waals surface area (Å²) in [4.78, 5) is 10.7. The number of nitrogens with two attached hydrogens (primary N) is 1. The lowest BCUT2D eigenvalue weighted by Gasteiger charge is -2.15. The number of hydrogen-bond donors (Lipinski definition) is 1. The van der Waals surface area contributed by atoms with E-state index in [0.29, 0.717) is 12.5 Å². The predicted molar refractivity (Wildman–Crippen MR) is 71.3 cm³/mol. The lowest BCUT2D eigenvalue weighted by atomic mass is 10.2. The molecule has 2 aromatic rings. The molecule has 2 aromatic heterocycles. The average Bonchev–Trinajstić information content (AvgIpc) is 2.88. The lowest BCUT2D eigenvalue weighted by molar-refractivity contribution is 0.660. The van der Waals surface area contributed by atoms with Crippen LogP contribution in [0.2, 0.25) is 0 Å². The molecule has 0 aliphatic heterocycles. The first-order chi connectivity index (χ1) is 8.74. The monoisotopic (exact) mass is 246 g/mol. The molecule has 2 N–H and O–H groups in total. The van der Waals surface area contributed by atoms with Crippen LogP contribution in [0.5, 0.6) is 0 Å². The van der Waals surface area contributed by atoms with Crippen molar-refractivity contribution in [2.24, 2.45) is 5.73 Å². The van der Waals surface area contributed by atoms with Crippen LogP contribution in [0.25, 0.3) is 11.3 Å². The van der Waals surface area contributed by atoms with Crippen molar-refractivity contribution in [1.82, 2.24) is 19.7 Å². The van der Waals surface area contributed by atoms with Gasteiger partial charge in [-0.25, -0.2) is 9.97 Å². The molecule has 0 spiro atoms. The normalized spacial score (nSPS) is 10.6. The van der Waals surface area contributed by atoms with Crippen LogP contribution in [-0.2, 0) is 6.54 Å². The van der Waals surface area contributed by atoms with Gasteiger partial charge in [0.25, 0.3) is 0 Å². The molecule has 96 valence electrons. The summed E-state index contributed by atoms with van der Waals surface area (Å²) in [6.07, 6.45) is 5.56. The summed E-state index contributed by atoms with van der Waals surface area (Å²) in [7, 11) is 1.93. The van der Waals surface area contributed by atoms with Crippen molar-refractivity contribution in [3.8, 4) is 11.3 Å². The van der Waals surface area contributed by atoms with E-state index >= 15 is 0 Å². The average molecular weight is 246 g/mol. The number of rotatable bonds is 5. The van der Waals surface area contributed by atoms with E-state index in [1.807, 2.05) is 35.1 Å². The Morgan fingerprint density at radius 2 is 2.28 bits per heavy atom. The second-order valence-electron chi connectivity index (χ2n) is 4.04. The van der Waals surface area contributed by atoms with Gasteiger partial charge in [0.15, 0.2) is 0 Å². The van der Waals surface area contributed by atoms with E-state index in [-0.39, 0.29) is 0 Å². The Labute approximate surface area is 106 Å². The molecule has 0 bridgehead atoms. The Balaban J connectivity index is 2.26. The lowest BCUT2D eigenvalue weighted by Crippen LogP contribution is -2.26. The van der Waals surface area contributed by atoms with E-state index in [1.165, 1.54) is 0 Å². The van der Waals surface area contributed by atoms with Crippen LogP contribution in [0.3, 0.4) is 0 Å². The van der Waals surface area contributed by atoms with Crippen LogP contribution in [-0.4, -0.2) is 39.9 Å².